The molecule has 0 bridgehead atoms. The molecule has 6 nitrogen and oxygen atoms in total. The van der Waals surface area contributed by atoms with E-state index in [9.17, 15) is 19.5 Å². The van der Waals surface area contributed by atoms with Crippen LogP contribution in [0.25, 0.3) is 10.8 Å². The molecule has 4 aromatic rings. The smallest absolute Gasteiger partial charge is 0.252 e. The van der Waals surface area contributed by atoms with Gasteiger partial charge in [0.05, 0.1) is 12.6 Å². The quantitative estimate of drug-likeness (QED) is 0.405. The second-order valence-electron chi connectivity index (χ2n) is 8.61. The Bertz CT molecular complexity index is 1400. The largest absolute Gasteiger partial charge is 0.508 e. The SMILES string of the molecule is O=C(NC(c1ccccc1)c1c(O)ccc2ccccc12)c1ccc(CN2C(=O)CCC2=O)cc1. The number of phenols is 1. The number of carbonyl (C=O) groups excluding carboxylic acids is 3. The minimum absolute atomic E-state index is 0.105. The number of hydrogen-bond donors (Lipinski definition) is 2. The van der Waals surface area contributed by atoms with Gasteiger partial charge in [-0.3, -0.25) is 19.3 Å². The van der Waals surface area contributed by atoms with E-state index >= 15 is 0 Å². The fourth-order valence-corrected chi connectivity index (χ4v) is 4.51. The maximum atomic E-state index is 13.3. The number of benzene rings is 4. The lowest BCUT2D eigenvalue weighted by molar-refractivity contribution is -0.139. The molecule has 35 heavy (non-hydrogen) atoms. The van der Waals surface area contributed by atoms with Crippen molar-refractivity contribution in [3.63, 3.8) is 0 Å². The Morgan fingerprint density at radius 1 is 0.829 bits per heavy atom. The van der Waals surface area contributed by atoms with Crippen LogP contribution in [-0.4, -0.2) is 27.7 Å². The zero-order chi connectivity index (χ0) is 24.4. The van der Waals surface area contributed by atoms with Crippen LogP contribution in [0, 0.1) is 0 Å². The number of hydrogen-bond acceptors (Lipinski definition) is 4. The third-order valence-corrected chi connectivity index (χ3v) is 6.36. The maximum Gasteiger partial charge on any atom is 0.252 e. The van der Waals surface area contributed by atoms with Gasteiger partial charge in [0.25, 0.3) is 5.91 Å². The van der Waals surface area contributed by atoms with Crippen LogP contribution in [0.3, 0.4) is 0 Å². The van der Waals surface area contributed by atoms with Crippen LogP contribution < -0.4 is 5.32 Å². The standard InChI is InChI=1S/C29H24N2O4/c32-24-15-14-20-6-4-5-9-23(20)27(24)28(21-7-2-1-3-8-21)30-29(35)22-12-10-19(11-13-22)18-31-25(33)16-17-26(31)34/h1-15,28,32H,16-18H2,(H,30,35). The molecule has 2 N–H and O–H groups in total. The zero-order valence-electron chi connectivity index (χ0n) is 19.0. The first-order chi connectivity index (χ1) is 17.0. The number of rotatable bonds is 6. The topological polar surface area (TPSA) is 86.7 Å². The molecule has 1 saturated heterocycles. The van der Waals surface area contributed by atoms with E-state index in [1.165, 1.54) is 4.90 Å². The normalized spacial score (nSPS) is 14.3. The van der Waals surface area contributed by atoms with Gasteiger partial charge in [-0.25, -0.2) is 0 Å². The fraction of sp³-hybridized carbons (Fsp3) is 0.138. The molecular formula is C29H24N2O4. The summed E-state index contributed by atoms with van der Waals surface area (Å²) in [6, 6.07) is 27.1. The number of fused-ring (bicyclic) bond motifs is 1. The highest BCUT2D eigenvalue weighted by atomic mass is 16.3. The van der Waals surface area contributed by atoms with E-state index in [1.807, 2.05) is 60.7 Å². The molecule has 0 radical (unpaired) electrons. The highest BCUT2D eigenvalue weighted by Gasteiger charge is 2.29. The Labute approximate surface area is 202 Å². The molecule has 0 saturated carbocycles. The molecule has 1 unspecified atom stereocenters. The number of nitrogens with one attached hydrogen (secondary N) is 1. The van der Waals surface area contributed by atoms with Crippen LogP contribution >= 0.6 is 0 Å². The van der Waals surface area contributed by atoms with Gasteiger partial charge in [-0.05, 0) is 40.1 Å². The van der Waals surface area contributed by atoms with E-state index in [4.69, 9.17) is 0 Å². The lowest BCUT2D eigenvalue weighted by Gasteiger charge is -2.23. The zero-order valence-corrected chi connectivity index (χ0v) is 19.0. The first-order valence-corrected chi connectivity index (χ1v) is 11.5. The number of nitrogens with zero attached hydrogens (tertiary/aromatic N) is 1. The number of aromatic hydroxyl groups is 1. The lowest BCUT2D eigenvalue weighted by atomic mass is 9.92. The molecule has 1 aliphatic rings. The molecule has 3 amide bonds. The third-order valence-electron chi connectivity index (χ3n) is 6.36. The van der Waals surface area contributed by atoms with Gasteiger partial charge in [-0.2, -0.15) is 0 Å². The minimum atomic E-state index is -0.575. The minimum Gasteiger partial charge on any atom is -0.508 e. The highest BCUT2D eigenvalue weighted by Crippen LogP contribution is 2.36. The first kappa shape index (κ1) is 22.3. The van der Waals surface area contributed by atoms with Crippen LogP contribution in [0.4, 0.5) is 0 Å². The van der Waals surface area contributed by atoms with Crippen molar-refractivity contribution >= 4 is 28.5 Å². The van der Waals surface area contributed by atoms with Crippen LogP contribution in [-0.2, 0) is 16.1 Å². The van der Waals surface area contributed by atoms with Gasteiger partial charge in [0, 0.05) is 24.0 Å². The second kappa shape index (κ2) is 9.43. The second-order valence-corrected chi connectivity index (χ2v) is 8.61. The van der Waals surface area contributed by atoms with E-state index in [-0.39, 0.29) is 42.9 Å². The molecule has 1 heterocycles. The Balaban J connectivity index is 1.44. The predicted octanol–water partition coefficient (Wildman–Crippen LogP) is 4.71. The maximum absolute atomic E-state index is 13.3. The van der Waals surface area contributed by atoms with E-state index in [0.29, 0.717) is 11.1 Å². The number of imide groups is 1. The molecule has 1 aliphatic heterocycles. The summed E-state index contributed by atoms with van der Waals surface area (Å²) >= 11 is 0. The van der Waals surface area contributed by atoms with Gasteiger partial charge in [0.2, 0.25) is 11.8 Å². The summed E-state index contributed by atoms with van der Waals surface area (Å²) in [5.41, 5.74) is 2.69. The summed E-state index contributed by atoms with van der Waals surface area (Å²) in [5, 5.41) is 15.7. The number of amides is 3. The molecule has 0 aromatic heterocycles. The summed E-state index contributed by atoms with van der Waals surface area (Å²) in [6.45, 7) is 0.204. The summed E-state index contributed by atoms with van der Waals surface area (Å²) in [7, 11) is 0. The summed E-state index contributed by atoms with van der Waals surface area (Å²) in [4.78, 5) is 38.3. The van der Waals surface area contributed by atoms with E-state index in [2.05, 4.69) is 5.32 Å². The molecule has 5 rings (SSSR count). The number of likely N-dealkylation sites (tertiary alicyclic amines) is 1. The Hall–Kier alpha value is -4.45. The highest BCUT2D eigenvalue weighted by molar-refractivity contribution is 6.02. The molecule has 4 aromatic carbocycles. The van der Waals surface area contributed by atoms with Crippen molar-refractivity contribution in [2.75, 3.05) is 0 Å². The van der Waals surface area contributed by atoms with E-state index in [0.717, 1.165) is 21.9 Å². The van der Waals surface area contributed by atoms with Crippen LogP contribution in [0.2, 0.25) is 0 Å². The van der Waals surface area contributed by atoms with Crippen LogP contribution in [0.15, 0.2) is 91.0 Å². The van der Waals surface area contributed by atoms with Crippen molar-refractivity contribution in [2.24, 2.45) is 0 Å². The van der Waals surface area contributed by atoms with Gasteiger partial charge >= 0.3 is 0 Å². The number of phenolic OH excluding ortho intramolecular Hbond substituents is 1. The van der Waals surface area contributed by atoms with Crippen molar-refractivity contribution in [1.82, 2.24) is 10.2 Å². The molecule has 1 atom stereocenters. The van der Waals surface area contributed by atoms with Gasteiger partial charge in [0.15, 0.2) is 0 Å². The molecule has 174 valence electrons. The average Bonchev–Trinajstić information content (AvgIpc) is 3.20. The van der Waals surface area contributed by atoms with Crippen molar-refractivity contribution in [3.8, 4) is 5.75 Å². The molecule has 6 heteroatoms. The number of carbonyl (C=O) groups is 3. The van der Waals surface area contributed by atoms with Crippen molar-refractivity contribution in [2.45, 2.75) is 25.4 Å². The average molecular weight is 465 g/mol. The molecule has 1 fully saturated rings. The predicted molar refractivity (Wildman–Crippen MR) is 133 cm³/mol. The van der Waals surface area contributed by atoms with Crippen molar-refractivity contribution in [3.05, 3.63) is 113 Å². The fourth-order valence-electron chi connectivity index (χ4n) is 4.51. The third kappa shape index (κ3) is 4.51. The molecule has 0 spiro atoms. The molecule has 0 aliphatic carbocycles. The summed E-state index contributed by atoms with van der Waals surface area (Å²) in [6.07, 6.45) is 0.502. The monoisotopic (exact) mass is 464 g/mol. The Kier molecular flexibility index (Phi) is 6.02. The van der Waals surface area contributed by atoms with E-state index in [1.54, 1.807) is 30.3 Å². The van der Waals surface area contributed by atoms with Crippen LogP contribution in [0.1, 0.15) is 45.9 Å². The van der Waals surface area contributed by atoms with Gasteiger partial charge < -0.3 is 10.4 Å². The summed E-state index contributed by atoms with van der Waals surface area (Å²) < 4.78 is 0. The molecular weight excluding hydrogens is 440 g/mol. The van der Waals surface area contributed by atoms with Crippen molar-refractivity contribution in [1.29, 1.82) is 0 Å². The van der Waals surface area contributed by atoms with E-state index < -0.39 is 6.04 Å². The van der Waals surface area contributed by atoms with Gasteiger partial charge in [-0.1, -0.05) is 72.8 Å². The lowest BCUT2D eigenvalue weighted by Crippen LogP contribution is -2.30. The first-order valence-electron chi connectivity index (χ1n) is 11.5. The Morgan fingerprint density at radius 2 is 1.49 bits per heavy atom. The van der Waals surface area contributed by atoms with Crippen molar-refractivity contribution < 1.29 is 19.5 Å². The Morgan fingerprint density at radius 3 is 2.20 bits per heavy atom. The van der Waals surface area contributed by atoms with Gasteiger partial charge in [-0.15, -0.1) is 0 Å². The summed E-state index contributed by atoms with van der Waals surface area (Å²) in [5.74, 6) is -0.533. The van der Waals surface area contributed by atoms with Gasteiger partial charge in [0.1, 0.15) is 5.75 Å². The van der Waals surface area contributed by atoms with Crippen LogP contribution in [0.5, 0.6) is 5.75 Å².